The Morgan fingerprint density at radius 3 is 2.77 bits per heavy atom. The first-order valence-electron chi connectivity index (χ1n) is 7.53. The van der Waals surface area contributed by atoms with E-state index >= 15 is 0 Å². The van der Waals surface area contributed by atoms with Gasteiger partial charge in [-0.05, 0) is 37.4 Å². The summed E-state index contributed by atoms with van der Waals surface area (Å²) in [5.74, 6) is 0.934. The van der Waals surface area contributed by atoms with Crippen LogP contribution in [-0.2, 0) is 0 Å². The van der Waals surface area contributed by atoms with E-state index in [0.717, 1.165) is 24.1 Å². The first kappa shape index (κ1) is 16.7. The van der Waals surface area contributed by atoms with Crippen LogP contribution in [-0.4, -0.2) is 19.7 Å². The van der Waals surface area contributed by atoms with Crippen LogP contribution in [0, 0.1) is 0 Å². The van der Waals surface area contributed by atoms with E-state index in [-0.39, 0.29) is 6.10 Å². The van der Waals surface area contributed by atoms with Crippen LogP contribution < -0.4 is 10.1 Å². The van der Waals surface area contributed by atoms with Gasteiger partial charge in [-0.1, -0.05) is 60.8 Å². The molecule has 0 bridgehead atoms. The highest BCUT2D eigenvalue weighted by Crippen LogP contribution is 2.31. The molecule has 0 spiro atoms. The van der Waals surface area contributed by atoms with E-state index in [9.17, 15) is 0 Å². The molecule has 0 fully saturated rings. The molecule has 0 aliphatic rings. The Balaban J connectivity index is 2.30. The molecular formula is C19H23NOS. The Morgan fingerprint density at radius 1 is 1.27 bits per heavy atom. The van der Waals surface area contributed by atoms with Gasteiger partial charge in [-0.3, -0.25) is 0 Å². The third-order valence-electron chi connectivity index (χ3n) is 3.50. The molecule has 2 aromatic carbocycles. The fourth-order valence-corrected chi connectivity index (χ4v) is 3.06. The zero-order valence-corrected chi connectivity index (χ0v) is 14.0. The van der Waals surface area contributed by atoms with Gasteiger partial charge < -0.3 is 10.1 Å². The van der Waals surface area contributed by atoms with Gasteiger partial charge in [0.1, 0.15) is 11.9 Å². The number of ether oxygens (including phenoxy) is 1. The summed E-state index contributed by atoms with van der Waals surface area (Å²) >= 11 is 1.63. The second-order valence-electron chi connectivity index (χ2n) is 4.95. The maximum Gasteiger partial charge on any atom is 0.131 e. The van der Waals surface area contributed by atoms with Crippen molar-refractivity contribution in [1.82, 2.24) is 5.32 Å². The minimum absolute atomic E-state index is 0.0336. The largest absolute Gasteiger partial charge is 0.485 e. The third kappa shape index (κ3) is 4.15. The standard InChI is InChI=1S/C19H23NOS/c1-4-19(22-5-2)18(13-14-20-3)21-17-12-8-10-15-9-6-7-11-16(15)17/h4-12,18,20H,2,13-14H2,1,3H3/b19-4-. The Bertz CT molecular complexity index is 645. The monoisotopic (exact) mass is 313 g/mol. The predicted molar refractivity (Wildman–Crippen MR) is 98.5 cm³/mol. The van der Waals surface area contributed by atoms with Crippen molar-refractivity contribution in [3.63, 3.8) is 0 Å². The van der Waals surface area contributed by atoms with Crippen molar-refractivity contribution in [2.24, 2.45) is 0 Å². The van der Waals surface area contributed by atoms with E-state index in [2.05, 4.69) is 42.2 Å². The zero-order chi connectivity index (χ0) is 15.8. The van der Waals surface area contributed by atoms with Crippen molar-refractivity contribution in [1.29, 1.82) is 0 Å². The number of fused-ring (bicyclic) bond motifs is 1. The first-order valence-corrected chi connectivity index (χ1v) is 8.41. The van der Waals surface area contributed by atoms with Gasteiger partial charge in [0.05, 0.1) is 0 Å². The maximum atomic E-state index is 6.36. The van der Waals surface area contributed by atoms with E-state index in [1.807, 2.05) is 37.6 Å². The van der Waals surface area contributed by atoms with Gasteiger partial charge in [0.15, 0.2) is 0 Å². The molecule has 0 aliphatic carbocycles. The van der Waals surface area contributed by atoms with Gasteiger partial charge in [0, 0.05) is 16.7 Å². The molecule has 1 unspecified atom stereocenters. The predicted octanol–water partition coefficient (Wildman–Crippen LogP) is 4.98. The molecule has 1 N–H and O–H groups in total. The van der Waals surface area contributed by atoms with Crippen LogP contribution in [0.5, 0.6) is 5.75 Å². The van der Waals surface area contributed by atoms with E-state index in [4.69, 9.17) is 4.74 Å². The average molecular weight is 313 g/mol. The van der Waals surface area contributed by atoms with Crippen molar-refractivity contribution in [3.05, 3.63) is 65.4 Å². The van der Waals surface area contributed by atoms with Crippen LogP contribution in [0.25, 0.3) is 10.8 Å². The van der Waals surface area contributed by atoms with E-state index in [1.165, 1.54) is 10.3 Å². The van der Waals surface area contributed by atoms with Crippen LogP contribution in [0.15, 0.2) is 65.4 Å². The SMILES string of the molecule is C=CS/C(=C\C)C(CCNC)Oc1cccc2ccccc12. The van der Waals surface area contributed by atoms with Crippen molar-refractivity contribution in [3.8, 4) is 5.75 Å². The van der Waals surface area contributed by atoms with E-state index < -0.39 is 0 Å². The Hall–Kier alpha value is -1.71. The van der Waals surface area contributed by atoms with Crippen LogP contribution in [0.1, 0.15) is 13.3 Å². The summed E-state index contributed by atoms with van der Waals surface area (Å²) in [7, 11) is 1.96. The van der Waals surface area contributed by atoms with E-state index in [1.54, 1.807) is 11.8 Å². The molecular weight excluding hydrogens is 290 g/mol. The summed E-state index contributed by atoms with van der Waals surface area (Å²) < 4.78 is 6.36. The summed E-state index contributed by atoms with van der Waals surface area (Å²) in [6.45, 7) is 6.77. The Kier molecular flexibility index (Phi) is 6.56. The highest BCUT2D eigenvalue weighted by molar-refractivity contribution is 8.05. The third-order valence-corrected chi connectivity index (χ3v) is 4.43. The van der Waals surface area contributed by atoms with E-state index in [0.29, 0.717) is 0 Å². The highest BCUT2D eigenvalue weighted by Gasteiger charge is 2.16. The van der Waals surface area contributed by atoms with Crippen LogP contribution in [0.2, 0.25) is 0 Å². The van der Waals surface area contributed by atoms with Gasteiger partial charge in [0.2, 0.25) is 0 Å². The van der Waals surface area contributed by atoms with Crippen molar-refractivity contribution >= 4 is 22.5 Å². The summed E-state index contributed by atoms with van der Waals surface area (Å²) in [6.07, 6.45) is 3.06. The van der Waals surface area contributed by atoms with Crippen LogP contribution >= 0.6 is 11.8 Å². The summed E-state index contributed by atoms with van der Waals surface area (Å²) in [4.78, 5) is 1.19. The highest BCUT2D eigenvalue weighted by atomic mass is 32.2. The number of thioether (sulfide) groups is 1. The molecule has 3 heteroatoms. The number of nitrogens with one attached hydrogen (secondary N) is 1. The first-order chi connectivity index (χ1) is 10.8. The fourth-order valence-electron chi connectivity index (χ4n) is 2.41. The van der Waals surface area contributed by atoms with Gasteiger partial charge in [0.25, 0.3) is 0 Å². The average Bonchev–Trinajstić information content (AvgIpc) is 2.57. The summed E-state index contributed by atoms with van der Waals surface area (Å²) in [5, 5.41) is 7.41. The molecule has 0 aliphatic heterocycles. The van der Waals surface area contributed by atoms with Gasteiger partial charge in [-0.25, -0.2) is 0 Å². The van der Waals surface area contributed by atoms with Gasteiger partial charge in [-0.15, -0.1) is 0 Å². The lowest BCUT2D eigenvalue weighted by atomic mass is 10.1. The van der Waals surface area contributed by atoms with Gasteiger partial charge in [-0.2, -0.15) is 0 Å². The summed E-state index contributed by atoms with van der Waals surface area (Å²) in [6, 6.07) is 14.5. The van der Waals surface area contributed by atoms with Crippen molar-refractivity contribution in [2.75, 3.05) is 13.6 Å². The summed E-state index contributed by atoms with van der Waals surface area (Å²) in [5.41, 5.74) is 0. The second-order valence-corrected chi connectivity index (χ2v) is 5.99. The molecule has 0 heterocycles. The number of allylic oxidation sites excluding steroid dienone is 1. The molecule has 2 aromatic rings. The van der Waals surface area contributed by atoms with Crippen molar-refractivity contribution < 1.29 is 4.74 Å². The maximum absolute atomic E-state index is 6.36. The minimum Gasteiger partial charge on any atom is -0.485 e. The molecule has 2 rings (SSSR count). The number of hydrogen-bond acceptors (Lipinski definition) is 3. The number of benzene rings is 2. The molecule has 116 valence electrons. The smallest absolute Gasteiger partial charge is 0.131 e. The molecule has 2 nitrogen and oxygen atoms in total. The molecule has 0 radical (unpaired) electrons. The Morgan fingerprint density at radius 2 is 2.05 bits per heavy atom. The zero-order valence-electron chi connectivity index (χ0n) is 13.2. The Labute approximate surface area is 137 Å². The minimum atomic E-state index is 0.0336. The second kappa shape index (κ2) is 8.66. The molecule has 1 atom stereocenters. The fraction of sp³-hybridized carbons (Fsp3) is 0.263. The van der Waals surface area contributed by atoms with Crippen LogP contribution in [0.3, 0.4) is 0 Å². The van der Waals surface area contributed by atoms with Crippen LogP contribution in [0.4, 0.5) is 0 Å². The van der Waals surface area contributed by atoms with Gasteiger partial charge >= 0.3 is 0 Å². The molecule has 0 aromatic heterocycles. The normalized spacial score (nSPS) is 13.1. The number of hydrogen-bond donors (Lipinski definition) is 1. The lowest BCUT2D eigenvalue weighted by Crippen LogP contribution is -2.23. The lowest BCUT2D eigenvalue weighted by molar-refractivity contribution is 0.237. The quantitative estimate of drug-likeness (QED) is 0.743. The molecule has 0 saturated carbocycles. The topological polar surface area (TPSA) is 21.3 Å². The van der Waals surface area contributed by atoms with Crippen molar-refractivity contribution in [2.45, 2.75) is 19.4 Å². The number of rotatable bonds is 8. The molecule has 0 amide bonds. The molecule has 0 saturated heterocycles. The molecule has 22 heavy (non-hydrogen) atoms. The lowest BCUT2D eigenvalue weighted by Gasteiger charge is -2.22.